The van der Waals surface area contributed by atoms with Crippen LogP contribution in [0, 0.1) is 0 Å². The average Bonchev–Trinajstić information content (AvgIpc) is 2.85. The molecule has 0 aliphatic carbocycles. The van der Waals surface area contributed by atoms with Crippen LogP contribution in [0.15, 0.2) is 28.1 Å². The second-order valence-corrected chi connectivity index (χ2v) is 6.60. The van der Waals surface area contributed by atoms with Crippen molar-refractivity contribution in [1.82, 2.24) is 4.98 Å². The SMILES string of the molecule is CCCc1nc(COc2ccc(Br)cc2[C@@H](C)N)cs1. The van der Waals surface area contributed by atoms with Gasteiger partial charge in [-0.2, -0.15) is 0 Å². The molecule has 1 atom stereocenters. The molecule has 2 rings (SSSR count). The van der Waals surface area contributed by atoms with Crippen molar-refractivity contribution in [3.05, 3.63) is 44.3 Å². The summed E-state index contributed by atoms with van der Waals surface area (Å²) in [5.41, 5.74) is 7.97. The Morgan fingerprint density at radius 1 is 1.45 bits per heavy atom. The summed E-state index contributed by atoms with van der Waals surface area (Å²) in [6.07, 6.45) is 2.16. The predicted molar refractivity (Wildman–Crippen MR) is 87.2 cm³/mol. The summed E-state index contributed by atoms with van der Waals surface area (Å²) in [7, 11) is 0. The van der Waals surface area contributed by atoms with E-state index in [4.69, 9.17) is 10.5 Å². The highest BCUT2D eigenvalue weighted by atomic mass is 79.9. The van der Waals surface area contributed by atoms with E-state index in [-0.39, 0.29) is 6.04 Å². The lowest BCUT2D eigenvalue weighted by molar-refractivity contribution is 0.297. The Morgan fingerprint density at radius 3 is 2.95 bits per heavy atom. The Morgan fingerprint density at radius 2 is 2.25 bits per heavy atom. The summed E-state index contributed by atoms with van der Waals surface area (Å²) < 4.78 is 6.88. The van der Waals surface area contributed by atoms with Gasteiger partial charge in [0.1, 0.15) is 12.4 Å². The van der Waals surface area contributed by atoms with Gasteiger partial charge in [0, 0.05) is 21.5 Å². The zero-order chi connectivity index (χ0) is 14.5. The van der Waals surface area contributed by atoms with Crippen LogP contribution in [0.25, 0.3) is 0 Å². The molecule has 1 aromatic heterocycles. The van der Waals surface area contributed by atoms with Crippen LogP contribution in [-0.4, -0.2) is 4.98 Å². The summed E-state index contributed by atoms with van der Waals surface area (Å²) >= 11 is 5.16. The average molecular weight is 355 g/mol. The maximum absolute atomic E-state index is 5.98. The second-order valence-electron chi connectivity index (χ2n) is 4.74. The maximum Gasteiger partial charge on any atom is 0.131 e. The lowest BCUT2D eigenvalue weighted by atomic mass is 10.1. The predicted octanol–water partition coefficient (Wildman–Crippen LogP) is 4.46. The van der Waals surface area contributed by atoms with Crippen LogP contribution in [0.3, 0.4) is 0 Å². The van der Waals surface area contributed by atoms with Crippen LogP contribution in [0.1, 0.15) is 42.6 Å². The van der Waals surface area contributed by atoms with Gasteiger partial charge in [-0.15, -0.1) is 11.3 Å². The molecule has 1 heterocycles. The number of nitrogens with two attached hydrogens (primary N) is 1. The summed E-state index contributed by atoms with van der Waals surface area (Å²) in [4.78, 5) is 4.56. The van der Waals surface area contributed by atoms with E-state index >= 15 is 0 Å². The third-order valence-corrected chi connectivity index (χ3v) is 4.35. The highest BCUT2D eigenvalue weighted by Crippen LogP contribution is 2.28. The molecule has 0 aliphatic rings. The number of nitrogens with zero attached hydrogens (tertiary/aromatic N) is 1. The second kappa shape index (κ2) is 7.20. The lowest BCUT2D eigenvalue weighted by Crippen LogP contribution is -2.08. The van der Waals surface area contributed by atoms with E-state index in [9.17, 15) is 0 Å². The Balaban J connectivity index is 2.06. The quantitative estimate of drug-likeness (QED) is 0.832. The minimum Gasteiger partial charge on any atom is -0.487 e. The fraction of sp³-hybridized carbons (Fsp3) is 0.400. The first-order chi connectivity index (χ1) is 9.60. The molecule has 0 aliphatic heterocycles. The van der Waals surface area contributed by atoms with Gasteiger partial charge in [-0.3, -0.25) is 0 Å². The lowest BCUT2D eigenvalue weighted by Gasteiger charge is -2.13. The normalized spacial score (nSPS) is 12.4. The van der Waals surface area contributed by atoms with Crippen LogP contribution in [0.4, 0.5) is 0 Å². The summed E-state index contributed by atoms with van der Waals surface area (Å²) in [6.45, 7) is 4.60. The number of benzene rings is 1. The molecular weight excluding hydrogens is 336 g/mol. The van der Waals surface area contributed by atoms with Crippen LogP contribution >= 0.6 is 27.3 Å². The first kappa shape index (κ1) is 15.5. The van der Waals surface area contributed by atoms with E-state index in [0.29, 0.717) is 6.61 Å². The van der Waals surface area contributed by atoms with Crippen LogP contribution in [0.2, 0.25) is 0 Å². The highest BCUT2D eigenvalue weighted by Gasteiger charge is 2.10. The van der Waals surface area contributed by atoms with Gasteiger partial charge in [0.25, 0.3) is 0 Å². The summed E-state index contributed by atoms with van der Waals surface area (Å²) in [5.74, 6) is 0.827. The number of ether oxygens (including phenoxy) is 1. The third-order valence-electron chi connectivity index (χ3n) is 2.90. The van der Waals surface area contributed by atoms with Crippen LogP contribution < -0.4 is 10.5 Å². The van der Waals surface area contributed by atoms with Gasteiger partial charge in [0.15, 0.2) is 0 Å². The molecule has 2 N–H and O–H groups in total. The van der Waals surface area contributed by atoms with E-state index in [1.165, 1.54) is 5.01 Å². The molecule has 0 amide bonds. The minimum atomic E-state index is -0.0615. The molecule has 0 bridgehead atoms. The number of hydrogen-bond acceptors (Lipinski definition) is 4. The molecule has 108 valence electrons. The molecule has 0 unspecified atom stereocenters. The monoisotopic (exact) mass is 354 g/mol. The molecule has 3 nitrogen and oxygen atoms in total. The molecule has 5 heteroatoms. The number of aromatic nitrogens is 1. The number of aryl methyl sites for hydroxylation is 1. The molecule has 0 spiro atoms. The maximum atomic E-state index is 5.98. The summed E-state index contributed by atoms with van der Waals surface area (Å²) in [6, 6.07) is 5.85. The van der Waals surface area contributed by atoms with Crippen molar-refractivity contribution in [2.75, 3.05) is 0 Å². The van der Waals surface area contributed by atoms with Crippen molar-refractivity contribution in [3.63, 3.8) is 0 Å². The molecule has 2 aromatic rings. The van der Waals surface area contributed by atoms with E-state index in [1.807, 2.05) is 25.1 Å². The smallest absolute Gasteiger partial charge is 0.131 e. The fourth-order valence-corrected chi connectivity index (χ4v) is 3.17. The van der Waals surface area contributed by atoms with Crippen molar-refractivity contribution in [2.45, 2.75) is 39.3 Å². The zero-order valence-corrected chi connectivity index (χ0v) is 14.1. The van der Waals surface area contributed by atoms with E-state index in [0.717, 1.165) is 34.3 Å². The number of hydrogen-bond donors (Lipinski definition) is 1. The van der Waals surface area contributed by atoms with Crippen molar-refractivity contribution in [2.24, 2.45) is 5.73 Å². The van der Waals surface area contributed by atoms with Crippen molar-refractivity contribution < 1.29 is 4.74 Å². The molecular formula is C15H19BrN2OS. The molecule has 1 aromatic carbocycles. The standard InChI is InChI=1S/C15H19BrN2OS/c1-3-4-15-18-12(9-20-15)8-19-14-6-5-11(16)7-13(14)10(2)17/h5-7,9-10H,3-4,8,17H2,1-2H3/t10-/m1/s1. The molecule has 0 saturated heterocycles. The number of halogens is 1. The van der Waals surface area contributed by atoms with Crippen molar-refractivity contribution in [3.8, 4) is 5.75 Å². The Labute approximate surface area is 132 Å². The Bertz CT molecular complexity index is 569. The third kappa shape index (κ3) is 4.04. The molecule has 20 heavy (non-hydrogen) atoms. The van der Waals surface area contributed by atoms with Gasteiger partial charge in [0.2, 0.25) is 0 Å². The van der Waals surface area contributed by atoms with Gasteiger partial charge in [0.05, 0.1) is 10.7 Å². The first-order valence-electron chi connectivity index (χ1n) is 6.71. The summed E-state index contributed by atoms with van der Waals surface area (Å²) in [5, 5.41) is 3.24. The van der Waals surface area contributed by atoms with Gasteiger partial charge in [-0.1, -0.05) is 22.9 Å². The largest absolute Gasteiger partial charge is 0.487 e. The molecule has 0 radical (unpaired) electrons. The van der Waals surface area contributed by atoms with Gasteiger partial charge < -0.3 is 10.5 Å². The Hall–Kier alpha value is -0.910. The highest BCUT2D eigenvalue weighted by molar-refractivity contribution is 9.10. The topological polar surface area (TPSA) is 48.1 Å². The van der Waals surface area contributed by atoms with E-state index in [1.54, 1.807) is 11.3 Å². The Kier molecular flexibility index (Phi) is 5.57. The van der Waals surface area contributed by atoms with Crippen molar-refractivity contribution in [1.29, 1.82) is 0 Å². The number of rotatable bonds is 6. The van der Waals surface area contributed by atoms with Gasteiger partial charge in [-0.25, -0.2) is 4.98 Å². The minimum absolute atomic E-state index is 0.0615. The fourth-order valence-electron chi connectivity index (χ4n) is 1.90. The zero-order valence-electron chi connectivity index (χ0n) is 11.7. The van der Waals surface area contributed by atoms with E-state index < -0.39 is 0 Å². The first-order valence-corrected chi connectivity index (χ1v) is 8.38. The van der Waals surface area contributed by atoms with Crippen LogP contribution in [0.5, 0.6) is 5.75 Å². The van der Waals surface area contributed by atoms with Gasteiger partial charge in [-0.05, 0) is 38.0 Å². The van der Waals surface area contributed by atoms with Gasteiger partial charge >= 0.3 is 0 Å². The van der Waals surface area contributed by atoms with E-state index in [2.05, 4.69) is 33.2 Å². The van der Waals surface area contributed by atoms with Crippen LogP contribution in [-0.2, 0) is 13.0 Å². The number of thiazole rings is 1. The van der Waals surface area contributed by atoms with Crippen molar-refractivity contribution >= 4 is 27.3 Å². The molecule has 0 saturated carbocycles. The molecule has 0 fully saturated rings.